The van der Waals surface area contributed by atoms with Gasteiger partial charge in [-0.15, -0.1) is 11.3 Å². The lowest BCUT2D eigenvalue weighted by atomic mass is 10.3. The maximum atomic E-state index is 14.1. The van der Waals surface area contributed by atoms with Gasteiger partial charge in [-0.25, -0.2) is 14.2 Å². The average molecular weight is 387 g/mol. The first-order chi connectivity index (χ1) is 13.0. The first kappa shape index (κ1) is 18.5. The lowest BCUT2D eigenvalue weighted by Crippen LogP contribution is -2.34. The standard InChI is InChI=1S/C18H14FN3O4S/c1-12(23)22(15-7-3-2-6-14(15)19)18-20-13(11-27-18)10-26-17(24)16-8-4-5-9-21(16)25/h2-9,11H,10H2,1H3. The number of halogens is 1. The van der Waals surface area contributed by atoms with Gasteiger partial charge in [0.15, 0.2) is 11.3 Å². The SMILES string of the molecule is CC(=O)N(c1nc(COC(=O)c2cccc[n+]2[O-])cs1)c1ccccc1F. The molecule has 0 saturated heterocycles. The summed E-state index contributed by atoms with van der Waals surface area (Å²) in [6, 6.07) is 10.2. The van der Waals surface area contributed by atoms with E-state index < -0.39 is 17.7 Å². The Balaban J connectivity index is 1.76. The summed E-state index contributed by atoms with van der Waals surface area (Å²) >= 11 is 1.11. The summed E-state index contributed by atoms with van der Waals surface area (Å²) in [6.45, 7) is 1.11. The zero-order valence-corrected chi connectivity index (χ0v) is 15.0. The number of carbonyl (C=O) groups excluding carboxylic acids is 2. The van der Waals surface area contributed by atoms with Crippen LogP contribution in [0.5, 0.6) is 0 Å². The molecule has 0 aliphatic heterocycles. The van der Waals surface area contributed by atoms with Crippen LogP contribution in [0.3, 0.4) is 0 Å². The largest absolute Gasteiger partial charge is 0.618 e. The van der Waals surface area contributed by atoms with E-state index in [9.17, 15) is 19.2 Å². The molecule has 0 atom stereocenters. The van der Waals surface area contributed by atoms with E-state index in [-0.39, 0.29) is 23.1 Å². The van der Waals surface area contributed by atoms with Crippen LogP contribution in [0.15, 0.2) is 54.0 Å². The van der Waals surface area contributed by atoms with Gasteiger partial charge in [0, 0.05) is 24.4 Å². The number of benzene rings is 1. The number of para-hydroxylation sites is 1. The highest BCUT2D eigenvalue weighted by Gasteiger charge is 2.22. The Labute approximate surface area is 157 Å². The van der Waals surface area contributed by atoms with E-state index in [2.05, 4.69) is 4.98 Å². The molecule has 0 unspecified atom stereocenters. The van der Waals surface area contributed by atoms with Gasteiger partial charge in [0.25, 0.3) is 0 Å². The van der Waals surface area contributed by atoms with E-state index in [0.29, 0.717) is 10.4 Å². The zero-order valence-electron chi connectivity index (χ0n) is 14.2. The van der Waals surface area contributed by atoms with Crippen molar-refractivity contribution in [3.05, 3.63) is 76.5 Å². The lowest BCUT2D eigenvalue weighted by molar-refractivity contribution is -0.608. The van der Waals surface area contributed by atoms with Crippen molar-refractivity contribution in [2.75, 3.05) is 4.90 Å². The van der Waals surface area contributed by atoms with Crippen molar-refractivity contribution in [2.45, 2.75) is 13.5 Å². The van der Waals surface area contributed by atoms with E-state index in [1.807, 2.05) is 0 Å². The fraction of sp³-hybridized carbons (Fsp3) is 0.111. The third kappa shape index (κ3) is 4.09. The molecule has 2 aromatic heterocycles. The van der Waals surface area contributed by atoms with Gasteiger partial charge in [-0.05, 0) is 18.2 Å². The molecular weight excluding hydrogens is 373 g/mol. The molecular formula is C18H14FN3O4S. The second-order valence-corrected chi connectivity index (χ2v) is 6.25. The number of ether oxygens (including phenoxy) is 1. The molecule has 0 bridgehead atoms. The maximum absolute atomic E-state index is 14.1. The van der Waals surface area contributed by atoms with Gasteiger partial charge in [0.05, 0.1) is 11.4 Å². The van der Waals surface area contributed by atoms with E-state index in [0.717, 1.165) is 16.2 Å². The summed E-state index contributed by atoms with van der Waals surface area (Å²) in [5.41, 5.74) is 0.309. The predicted molar refractivity (Wildman–Crippen MR) is 95.9 cm³/mol. The smallest absolute Gasteiger partial charge is 0.405 e. The van der Waals surface area contributed by atoms with Gasteiger partial charge in [0.2, 0.25) is 5.91 Å². The summed E-state index contributed by atoms with van der Waals surface area (Å²) in [7, 11) is 0. The monoisotopic (exact) mass is 387 g/mol. The molecule has 0 N–H and O–H groups in total. The molecule has 0 fully saturated rings. The van der Waals surface area contributed by atoms with Gasteiger partial charge in [0.1, 0.15) is 12.4 Å². The molecule has 2 heterocycles. The molecule has 0 radical (unpaired) electrons. The highest BCUT2D eigenvalue weighted by atomic mass is 32.1. The number of anilines is 2. The molecule has 1 aromatic carbocycles. The van der Waals surface area contributed by atoms with Gasteiger partial charge in [-0.3, -0.25) is 9.69 Å². The Bertz CT molecular complexity index is 992. The molecule has 3 aromatic rings. The predicted octanol–water partition coefficient (Wildman–Crippen LogP) is 2.96. The van der Waals surface area contributed by atoms with Crippen molar-refractivity contribution >= 4 is 34.0 Å². The Kier molecular flexibility index (Phi) is 5.41. The minimum absolute atomic E-state index is 0.0829. The molecule has 0 aliphatic rings. The summed E-state index contributed by atoms with van der Waals surface area (Å²) in [6.07, 6.45) is 1.19. The lowest BCUT2D eigenvalue weighted by Gasteiger charge is -2.18. The Morgan fingerprint density at radius 3 is 2.70 bits per heavy atom. The molecule has 3 rings (SSSR count). The second kappa shape index (κ2) is 7.92. The summed E-state index contributed by atoms with van der Waals surface area (Å²) in [5.74, 6) is -1.76. The zero-order chi connectivity index (χ0) is 19.4. The molecule has 7 nitrogen and oxygen atoms in total. The minimum Gasteiger partial charge on any atom is -0.618 e. The molecule has 27 heavy (non-hydrogen) atoms. The van der Waals surface area contributed by atoms with Crippen LogP contribution in [0.4, 0.5) is 15.2 Å². The van der Waals surface area contributed by atoms with Crippen LogP contribution in [-0.4, -0.2) is 16.9 Å². The van der Waals surface area contributed by atoms with Crippen LogP contribution in [0.1, 0.15) is 23.1 Å². The van der Waals surface area contributed by atoms with Crippen LogP contribution >= 0.6 is 11.3 Å². The van der Waals surface area contributed by atoms with Gasteiger partial charge >= 0.3 is 11.7 Å². The van der Waals surface area contributed by atoms with E-state index in [1.165, 1.54) is 43.5 Å². The van der Waals surface area contributed by atoms with E-state index in [4.69, 9.17) is 4.74 Å². The summed E-state index contributed by atoms with van der Waals surface area (Å²) in [5, 5.41) is 13.4. The van der Waals surface area contributed by atoms with E-state index >= 15 is 0 Å². The number of hydrogen-bond donors (Lipinski definition) is 0. The van der Waals surface area contributed by atoms with Crippen LogP contribution in [-0.2, 0) is 16.1 Å². The first-order valence-electron chi connectivity index (χ1n) is 7.82. The number of hydrogen-bond acceptors (Lipinski definition) is 6. The first-order valence-corrected chi connectivity index (χ1v) is 8.70. The van der Waals surface area contributed by atoms with Crippen molar-refractivity contribution in [1.29, 1.82) is 0 Å². The third-order valence-electron chi connectivity index (χ3n) is 3.52. The Hall–Kier alpha value is -3.33. The van der Waals surface area contributed by atoms with Gasteiger partial charge in [-0.1, -0.05) is 12.1 Å². The highest BCUT2D eigenvalue weighted by Crippen LogP contribution is 2.30. The molecule has 138 valence electrons. The van der Waals surface area contributed by atoms with Crippen LogP contribution < -0.4 is 9.63 Å². The number of aromatic nitrogens is 2. The fourth-order valence-corrected chi connectivity index (χ4v) is 3.17. The van der Waals surface area contributed by atoms with Gasteiger partial charge < -0.3 is 9.94 Å². The average Bonchev–Trinajstić information content (AvgIpc) is 3.10. The molecule has 0 saturated carbocycles. The van der Waals surface area contributed by atoms with E-state index in [1.54, 1.807) is 17.5 Å². The Morgan fingerprint density at radius 1 is 1.26 bits per heavy atom. The second-order valence-electron chi connectivity index (χ2n) is 5.42. The van der Waals surface area contributed by atoms with Crippen LogP contribution in [0.25, 0.3) is 0 Å². The number of carbonyl (C=O) groups is 2. The molecule has 1 amide bonds. The number of rotatable bonds is 5. The third-order valence-corrected chi connectivity index (χ3v) is 4.40. The molecule has 0 aliphatic carbocycles. The van der Waals surface area contributed by atoms with Crippen molar-refractivity contribution in [1.82, 2.24) is 4.98 Å². The number of nitrogens with zero attached hydrogens (tertiary/aromatic N) is 3. The van der Waals surface area contributed by atoms with Crippen LogP contribution in [0.2, 0.25) is 0 Å². The quantitative estimate of drug-likeness (QED) is 0.382. The number of amides is 1. The van der Waals surface area contributed by atoms with Crippen molar-refractivity contribution in [3.63, 3.8) is 0 Å². The van der Waals surface area contributed by atoms with Crippen molar-refractivity contribution in [2.24, 2.45) is 0 Å². The number of esters is 1. The fourth-order valence-electron chi connectivity index (χ4n) is 2.31. The van der Waals surface area contributed by atoms with Crippen molar-refractivity contribution < 1.29 is 23.4 Å². The highest BCUT2D eigenvalue weighted by molar-refractivity contribution is 7.14. The topological polar surface area (TPSA) is 86.4 Å². The van der Waals surface area contributed by atoms with Crippen LogP contribution in [0, 0.1) is 11.0 Å². The Morgan fingerprint density at radius 2 is 2.00 bits per heavy atom. The van der Waals surface area contributed by atoms with Crippen molar-refractivity contribution in [3.8, 4) is 0 Å². The summed E-state index contributed by atoms with van der Waals surface area (Å²) < 4.78 is 19.5. The molecule has 0 spiro atoms. The number of thiazole rings is 1. The summed E-state index contributed by atoms with van der Waals surface area (Å²) in [4.78, 5) is 29.3. The number of pyridine rings is 1. The maximum Gasteiger partial charge on any atom is 0.405 e. The van der Waals surface area contributed by atoms with Gasteiger partial charge in [-0.2, -0.15) is 4.73 Å². The normalized spacial score (nSPS) is 10.4. The molecule has 9 heteroatoms. The minimum atomic E-state index is -0.794.